The average molecular weight is 698 g/mol. The van der Waals surface area contributed by atoms with Crippen LogP contribution >= 0.6 is 23.1 Å². The summed E-state index contributed by atoms with van der Waals surface area (Å²) < 4.78 is 15.4. The Morgan fingerprint density at radius 1 is 0.837 bits per heavy atom. The van der Waals surface area contributed by atoms with E-state index >= 15 is 0 Å². The van der Waals surface area contributed by atoms with Gasteiger partial charge in [-0.1, -0.05) is 84.6 Å². The van der Waals surface area contributed by atoms with Crippen molar-refractivity contribution in [1.82, 2.24) is 15.8 Å². The Kier molecular flexibility index (Phi) is 12.1. The molecule has 0 radical (unpaired) electrons. The summed E-state index contributed by atoms with van der Waals surface area (Å²) in [6.07, 6.45) is 1.43. The lowest BCUT2D eigenvalue weighted by Crippen LogP contribution is -2.31. The van der Waals surface area contributed by atoms with Gasteiger partial charge in [-0.2, -0.15) is 0 Å². The van der Waals surface area contributed by atoms with E-state index in [0.717, 1.165) is 49.0 Å². The first-order valence-corrected chi connectivity index (χ1v) is 18.2. The molecular formula is C38H39N3O6S2. The molecule has 1 aromatic heterocycles. The number of hydrogen-bond donors (Lipinski definition) is 4. The lowest BCUT2D eigenvalue weighted by Gasteiger charge is -2.36. The molecule has 0 bridgehead atoms. The van der Waals surface area contributed by atoms with E-state index in [-0.39, 0.29) is 31.1 Å². The zero-order valence-electron chi connectivity index (χ0n) is 26.9. The van der Waals surface area contributed by atoms with Crippen molar-refractivity contribution in [3.05, 3.63) is 119 Å². The molecule has 3 atom stereocenters. The SMILES string of the molecule is O=C(CCCCC(=O)NCc1cccc(-c2cccc([C@H]3O[C@@H](CSc4nc5ccccc5s4)C[C@@H](c4ccc(CO)cc4)O3)c2)c1)NO. The van der Waals surface area contributed by atoms with E-state index in [4.69, 9.17) is 19.7 Å². The number of carbonyl (C=O) groups excluding carboxylic acids is 2. The third kappa shape index (κ3) is 9.54. The van der Waals surface area contributed by atoms with E-state index in [0.29, 0.717) is 32.2 Å². The van der Waals surface area contributed by atoms with Gasteiger partial charge in [0.15, 0.2) is 10.6 Å². The number of aliphatic hydroxyl groups excluding tert-OH is 1. The fourth-order valence-electron chi connectivity index (χ4n) is 5.74. The summed E-state index contributed by atoms with van der Waals surface area (Å²) in [5, 5.41) is 21.1. The van der Waals surface area contributed by atoms with Gasteiger partial charge >= 0.3 is 0 Å². The van der Waals surface area contributed by atoms with Crippen molar-refractivity contribution < 1.29 is 29.4 Å². The summed E-state index contributed by atoms with van der Waals surface area (Å²) in [4.78, 5) is 28.3. The molecular weight excluding hydrogens is 659 g/mol. The van der Waals surface area contributed by atoms with Gasteiger partial charge in [-0.3, -0.25) is 14.8 Å². The highest BCUT2D eigenvalue weighted by Crippen LogP contribution is 2.41. The fourth-order valence-corrected chi connectivity index (χ4v) is 7.85. The predicted octanol–water partition coefficient (Wildman–Crippen LogP) is 7.48. The number of nitrogens with one attached hydrogen (secondary N) is 2. The van der Waals surface area contributed by atoms with Crippen molar-refractivity contribution in [2.75, 3.05) is 5.75 Å². The summed E-state index contributed by atoms with van der Waals surface area (Å²) in [5.74, 6) is 0.201. The molecule has 5 aromatic rings. The zero-order valence-corrected chi connectivity index (χ0v) is 28.6. The van der Waals surface area contributed by atoms with Gasteiger partial charge in [0.2, 0.25) is 11.8 Å². The third-order valence-corrected chi connectivity index (χ3v) is 10.7. The van der Waals surface area contributed by atoms with Gasteiger partial charge in [-0.25, -0.2) is 10.5 Å². The Morgan fingerprint density at radius 3 is 2.37 bits per heavy atom. The summed E-state index contributed by atoms with van der Waals surface area (Å²) >= 11 is 3.40. The average Bonchev–Trinajstić information content (AvgIpc) is 3.58. The quantitative estimate of drug-likeness (QED) is 0.0407. The molecule has 0 unspecified atom stereocenters. The number of rotatable bonds is 14. The molecule has 2 heterocycles. The van der Waals surface area contributed by atoms with Gasteiger partial charge in [-0.05, 0) is 64.9 Å². The lowest BCUT2D eigenvalue weighted by atomic mass is 9.99. The van der Waals surface area contributed by atoms with Crippen LogP contribution in [0.4, 0.5) is 0 Å². The normalized spacial score (nSPS) is 17.6. The highest BCUT2D eigenvalue weighted by Gasteiger charge is 2.32. The van der Waals surface area contributed by atoms with Crippen LogP contribution in [0, 0.1) is 0 Å². The number of carbonyl (C=O) groups is 2. The van der Waals surface area contributed by atoms with Crippen LogP contribution in [-0.4, -0.2) is 39.0 Å². The first kappa shape index (κ1) is 34.8. The smallest absolute Gasteiger partial charge is 0.243 e. The molecule has 4 N–H and O–H groups in total. The van der Waals surface area contributed by atoms with Gasteiger partial charge in [0.25, 0.3) is 0 Å². The largest absolute Gasteiger partial charge is 0.392 e. The number of amides is 2. The number of thiazole rings is 1. The number of fused-ring (bicyclic) bond motifs is 1. The molecule has 0 saturated carbocycles. The van der Waals surface area contributed by atoms with E-state index < -0.39 is 12.2 Å². The molecule has 4 aromatic carbocycles. The molecule has 9 nitrogen and oxygen atoms in total. The Balaban J connectivity index is 1.14. The van der Waals surface area contributed by atoms with Crippen LogP contribution in [-0.2, 0) is 32.2 Å². The highest BCUT2D eigenvalue weighted by molar-refractivity contribution is 8.01. The van der Waals surface area contributed by atoms with Gasteiger partial charge < -0.3 is 19.9 Å². The minimum Gasteiger partial charge on any atom is -0.392 e. The van der Waals surface area contributed by atoms with Crippen molar-refractivity contribution in [1.29, 1.82) is 0 Å². The van der Waals surface area contributed by atoms with Crippen molar-refractivity contribution in [3.8, 4) is 11.1 Å². The fraction of sp³-hybridized carbons (Fsp3) is 0.289. The molecule has 0 spiro atoms. The standard InChI is InChI=1S/C38H39N3O6S2/c42-23-25-15-17-27(18-16-25)33-21-31(24-48-38-40-32-11-1-2-12-34(32)49-38)46-37(47-33)30-10-6-9-29(20-30)28-8-5-7-26(19-28)22-39-35(43)13-3-4-14-36(44)41-45/h1-2,5-12,15-20,31,33,37,42,45H,3-4,13-14,21-24H2,(H,39,43)(H,41,44)/t31-,33+,37+/m1/s1. The monoisotopic (exact) mass is 697 g/mol. The van der Waals surface area contributed by atoms with Crippen LogP contribution in [0.15, 0.2) is 101 Å². The number of hydrogen-bond acceptors (Lipinski definition) is 9. The van der Waals surface area contributed by atoms with Crippen molar-refractivity contribution in [3.63, 3.8) is 0 Å². The van der Waals surface area contributed by atoms with Crippen molar-refractivity contribution in [2.45, 2.75) is 68.1 Å². The Labute approximate surface area is 293 Å². The summed E-state index contributed by atoms with van der Waals surface area (Å²) in [6.45, 7) is 0.385. The number of hydroxylamine groups is 1. The lowest BCUT2D eigenvalue weighted by molar-refractivity contribution is -0.245. The first-order chi connectivity index (χ1) is 24.0. The molecule has 1 aliphatic rings. The molecule has 1 fully saturated rings. The maximum atomic E-state index is 12.4. The number of unbranched alkanes of at least 4 members (excludes halogenated alkanes) is 1. The third-order valence-electron chi connectivity index (χ3n) is 8.37. The molecule has 49 heavy (non-hydrogen) atoms. The second-order valence-electron chi connectivity index (χ2n) is 12.0. The number of aromatic nitrogens is 1. The number of para-hydroxylation sites is 1. The van der Waals surface area contributed by atoms with E-state index in [2.05, 4.69) is 29.6 Å². The number of thioether (sulfide) groups is 1. The predicted molar refractivity (Wildman–Crippen MR) is 191 cm³/mol. The van der Waals surface area contributed by atoms with Crippen molar-refractivity contribution in [2.24, 2.45) is 0 Å². The number of nitrogens with zero attached hydrogens (tertiary/aromatic N) is 1. The molecule has 6 rings (SSSR count). The summed E-state index contributed by atoms with van der Waals surface area (Å²) in [6, 6.07) is 32.3. The van der Waals surface area contributed by atoms with E-state index in [1.165, 1.54) is 4.70 Å². The Morgan fingerprint density at radius 2 is 1.59 bits per heavy atom. The van der Waals surface area contributed by atoms with E-state index in [1.807, 2.05) is 72.8 Å². The molecule has 1 aliphatic heterocycles. The van der Waals surface area contributed by atoms with Gasteiger partial charge in [0.1, 0.15) is 0 Å². The van der Waals surface area contributed by atoms with Crippen LogP contribution in [0.3, 0.4) is 0 Å². The number of benzene rings is 4. The maximum absolute atomic E-state index is 12.4. The van der Waals surface area contributed by atoms with Gasteiger partial charge in [0, 0.05) is 37.1 Å². The van der Waals surface area contributed by atoms with E-state index in [1.54, 1.807) is 28.6 Å². The summed E-state index contributed by atoms with van der Waals surface area (Å²) in [5.41, 5.74) is 8.42. The number of ether oxygens (including phenoxy) is 2. The van der Waals surface area contributed by atoms with Gasteiger partial charge in [0.05, 0.1) is 29.0 Å². The van der Waals surface area contributed by atoms with Crippen LogP contribution < -0.4 is 10.8 Å². The second kappa shape index (κ2) is 17.0. The zero-order chi connectivity index (χ0) is 34.0. The topological polar surface area (TPSA) is 130 Å². The van der Waals surface area contributed by atoms with Crippen LogP contribution in [0.5, 0.6) is 0 Å². The molecule has 1 saturated heterocycles. The Hall–Kier alpha value is -4.10. The van der Waals surface area contributed by atoms with Crippen LogP contribution in [0.25, 0.3) is 21.3 Å². The highest BCUT2D eigenvalue weighted by atomic mass is 32.2. The maximum Gasteiger partial charge on any atom is 0.243 e. The molecule has 2 amide bonds. The second-order valence-corrected chi connectivity index (χ2v) is 14.3. The minimum absolute atomic E-state index is 0.00722. The molecule has 0 aliphatic carbocycles. The first-order valence-electron chi connectivity index (χ1n) is 16.4. The molecule has 11 heteroatoms. The Bertz CT molecular complexity index is 1830. The van der Waals surface area contributed by atoms with Crippen LogP contribution in [0.2, 0.25) is 0 Å². The van der Waals surface area contributed by atoms with Crippen molar-refractivity contribution >= 4 is 45.1 Å². The van der Waals surface area contributed by atoms with Gasteiger partial charge in [-0.15, -0.1) is 11.3 Å². The van der Waals surface area contributed by atoms with Crippen LogP contribution in [0.1, 0.15) is 66.8 Å². The summed E-state index contributed by atoms with van der Waals surface area (Å²) in [7, 11) is 0. The van der Waals surface area contributed by atoms with E-state index in [9.17, 15) is 14.7 Å². The number of aliphatic hydroxyl groups is 1. The molecule has 254 valence electrons. The minimum atomic E-state index is -0.580.